The van der Waals surface area contributed by atoms with Gasteiger partial charge in [-0.1, -0.05) is 34.9 Å². The van der Waals surface area contributed by atoms with Crippen molar-refractivity contribution in [1.29, 1.82) is 0 Å². The fraction of sp³-hybridized carbons (Fsp3) is 0.647. The average Bonchev–Trinajstić information content (AvgIpc) is 2.37. The quantitative estimate of drug-likeness (QED) is 0.221. The van der Waals surface area contributed by atoms with Gasteiger partial charge < -0.3 is 0 Å². The van der Waals surface area contributed by atoms with Crippen molar-refractivity contribution in [3.05, 3.63) is 45.1 Å². The van der Waals surface area contributed by atoms with Crippen LogP contribution in [0.15, 0.2) is 34.9 Å². The average molecular weight is 311 g/mol. The molecule has 0 aromatic carbocycles. The van der Waals surface area contributed by atoms with Gasteiger partial charge in [-0.05, 0) is 53.4 Å². The number of nitrogens with zero attached hydrogens (tertiary/aromatic N) is 1. The summed E-state index contributed by atoms with van der Waals surface area (Å²) in [5.41, 5.74) is 4.22. The Bertz CT molecular complexity index is 394. The minimum atomic E-state index is -0.258. The Morgan fingerprint density at radius 2 is 1.57 bits per heavy atom. The summed E-state index contributed by atoms with van der Waals surface area (Å²) < 4.78 is 0. The molecule has 21 heavy (non-hydrogen) atoms. The summed E-state index contributed by atoms with van der Waals surface area (Å²) in [7, 11) is 0. The molecule has 0 rings (SSSR count). The highest BCUT2D eigenvalue weighted by molar-refractivity contribution is 7.99. The Labute approximate surface area is 133 Å². The lowest BCUT2D eigenvalue weighted by Crippen LogP contribution is -2.02. The van der Waals surface area contributed by atoms with E-state index >= 15 is 0 Å². The summed E-state index contributed by atoms with van der Waals surface area (Å²) in [6.45, 7) is 8.67. The van der Waals surface area contributed by atoms with Gasteiger partial charge in [0, 0.05) is 10.7 Å². The van der Waals surface area contributed by atoms with Gasteiger partial charge in [0.2, 0.25) is 6.54 Å². The summed E-state index contributed by atoms with van der Waals surface area (Å²) in [5.74, 6) is 1.48. The fourth-order valence-electron chi connectivity index (χ4n) is 1.76. The predicted molar refractivity (Wildman–Crippen MR) is 94.6 cm³/mol. The van der Waals surface area contributed by atoms with E-state index in [9.17, 15) is 10.1 Å². The predicted octanol–water partition coefficient (Wildman–Crippen LogP) is 5.42. The maximum atomic E-state index is 10.2. The second-order valence-electron chi connectivity index (χ2n) is 5.59. The van der Waals surface area contributed by atoms with Crippen molar-refractivity contribution in [2.75, 3.05) is 18.1 Å². The highest BCUT2D eigenvalue weighted by Gasteiger charge is 1.96. The molecule has 0 fully saturated rings. The number of allylic oxidation sites excluding steroid dienone is 5. The second kappa shape index (κ2) is 12.7. The van der Waals surface area contributed by atoms with Crippen LogP contribution in [-0.2, 0) is 0 Å². The number of thioether (sulfide) groups is 1. The first-order valence-corrected chi connectivity index (χ1v) is 8.71. The third-order valence-corrected chi connectivity index (χ3v) is 3.96. The smallest absolute Gasteiger partial charge is 0.212 e. The van der Waals surface area contributed by atoms with Crippen molar-refractivity contribution in [1.82, 2.24) is 0 Å². The van der Waals surface area contributed by atoms with Crippen LogP contribution in [0.2, 0.25) is 0 Å². The zero-order valence-electron chi connectivity index (χ0n) is 13.9. The largest absolute Gasteiger partial charge is 0.265 e. The van der Waals surface area contributed by atoms with Gasteiger partial charge >= 0.3 is 0 Å². The van der Waals surface area contributed by atoms with Crippen molar-refractivity contribution in [2.24, 2.45) is 0 Å². The van der Waals surface area contributed by atoms with E-state index in [-0.39, 0.29) is 11.5 Å². The van der Waals surface area contributed by atoms with E-state index in [4.69, 9.17) is 0 Å². The van der Waals surface area contributed by atoms with Crippen LogP contribution in [0.1, 0.15) is 53.4 Å². The Morgan fingerprint density at radius 1 is 1.00 bits per heavy atom. The zero-order valence-corrected chi connectivity index (χ0v) is 14.7. The molecule has 0 amide bonds. The monoisotopic (exact) mass is 311 g/mol. The Kier molecular flexibility index (Phi) is 12.1. The molecule has 0 atom stereocenters. The maximum Gasteiger partial charge on any atom is 0.212 e. The summed E-state index contributed by atoms with van der Waals surface area (Å²) in [6, 6.07) is 0. The van der Waals surface area contributed by atoms with Crippen LogP contribution in [0.25, 0.3) is 0 Å². The van der Waals surface area contributed by atoms with Gasteiger partial charge in [0.1, 0.15) is 0 Å². The lowest BCUT2D eigenvalue weighted by Gasteiger charge is -2.01. The lowest BCUT2D eigenvalue weighted by molar-refractivity contribution is -0.474. The van der Waals surface area contributed by atoms with Gasteiger partial charge in [-0.3, -0.25) is 10.1 Å². The molecule has 0 bridgehead atoms. The van der Waals surface area contributed by atoms with Crippen molar-refractivity contribution < 1.29 is 4.92 Å². The molecule has 3 nitrogen and oxygen atoms in total. The zero-order chi connectivity index (χ0) is 16.1. The second-order valence-corrected chi connectivity index (χ2v) is 6.74. The Morgan fingerprint density at radius 3 is 2.14 bits per heavy atom. The van der Waals surface area contributed by atoms with E-state index < -0.39 is 0 Å². The molecular formula is C17H29NO2S. The van der Waals surface area contributed by atoms with Crippen LogP contribution >= 0.6 is 11.8 Å². The van der Waals surface area contributed by atoms with E-state index in [2.05, 4.69) is 45.9 Å². The molecule has 0 aromatic rings. The summed E-state index contributed by atoms with van der Waals surface area (Å²) in [4.78, 5) is 9.92. The van der Waals surface area contributed by atoms with Gasteiger partial charge in [-0.25, -0.2) is 0 Å². The molecule has 0 saturated carbocycles. The topological polar surface area (TPSA) is 43.1 Å². The number of hydrogen-bond acceptors (Lipinski definition) is 3. The number of hydrogen-bond donors (Lipinski definition) is 0. The first-order chi connectivity index (χ1) is 9.91. The molecule has 0 N–H and O–H groups in total. The van der Waals surface area contributed by atoms with Gasteiger partial charge in [0.05, 0.1) is 5.75 Å². The standard InChI is InChI=1S/C17H29NO2S/c1-15(2)7-5-8-16(3)9-6-10-17(4)11-13-21-14-12-18(19)20/h7,9,11H,5-6,8,10,12-14H2,1-4H3. The first kappa shape index (κ1) is 20.0. The van der Waals surface area contributed by atoms with Crippen molar-refractivity contribution in [3.63, 3.8) is 0 Å². The van der Waals surface area contributed by atoms with Crippen LogP contribution in [0, 0.1) is 10.1 Å². The third kappa shape index (κ3) is 15.2. The van der Waals surface area contributed by atoms with E-state index in [1.165, 1.54) is 16.7 Å². The minimum absolute atomic E-state index is 0.0607. The molecule has 120 valence electrons. The van der Waals surface area contributed by atoms with E-state index in [1.54, 1.807) is 11.8 Å². The first-order valence-electron chi connectivity index (χ1n) is 7.56. The van der Waals surface area contributed by atoms with Gasteiger partial charge in [0.25, 0.3) is 0 Å². The molecule has 0 aromatic heterocycles. The van der Waals surface area contributed by atoms with Crippen LogP contribution in [-0.4, -0.2) is 23.0 Å². The highest BCUT2D eigenvalue weighted by Crippen LogP contribution is 2.12. The van der Waals surface area contributed by atoms with E-state index in [1.807, 2.05) is 0 Å². The molecule has 0 spiro atoms. The van der Waals surface area contributed by atoms with Gasteiger partial charge in [-0.15, -0.1) is 0 Å². The summed E-state index contributed by atoms with van der Waals surface area (Å²) in [6.07, 6.45) is 11.2. The van der Waals surface area contributed by atoms with Crippen molar-refractivity contribution >= 4 is 11.8 Å². The maximum absolute atomic E-state index is 10.2. The van der Waals surface area contributed by atoms with E-state index in [0.29, 0.717) is 5.75 Å². The Hall–Kier alpha value is -1.03. The van der Waals surface area contributed by atoms with Crippen LogP contribution < -0.4 is 0 Å². The molecule has 0 heterocycles. The third-order valence-electron chi connectivity index (χ3n) is 3.09. The lowest BCUT2D eigenvalue weighted by atomic mass is 10.1. The van der Waals surface area contributed by atoms with Gasteiger partial charge in [-0.2, -0.15) is 11.8 Å². The summed E-state index contributed by atoms with van der Waals surface area (Å²) in [5, 5.41) is 10.2. The van der Waals surface area contributed by atoms with E-state index in [0.717, 1.165) is 31.4 Å². The molecule has 4 heteroatoms. The number of rotatable bonds is 11. The molecule has 0 aliphatic rings. The molecular weight excluding hydrogens is 282 g/mol. The molecule has 0 unspecified atom stereocenters. The Balaban J connectivity index is 3.78. The molecule has 0 aliphatic carbocycles. The van der Waals surface area contributed by atoms with Gasteiger partial charge in [0.15, 0.2) is 0 Å². The van der Waals surface area contributed by atoms with Crippen molar-refractivity contribution in [3.8, 4) is 0 Å². The van der Waals surface area contributed by atoms with Crippen LogP contribution in [0.4, 0.5) is 0 Å². The minimum Gasteiger partial charge on any atom is -0.265 e. The summed E-state index contributed by atoms with van der Waals surface area (Å²) >= 11 is 1.62. The molecule has 0 saturated heterocycles. The molecule has 0 aliphatic heterocycles. The fourth-order valence-corrected chi connectivity index (χ4v) is 2.61. The normalized spacial score (nSPS) is 12.4. The highest BCUT2D eigenvalue weighted by atomic mass is 32.2. The molecule has 0 radical (unpaired) electrons. The number of nitro groups is 1. The van der Waals surface area contributed by atoms with Crippen LogP contribution in [0.5, 0.6) is 0 Å². The van der Waals surface area contributed by atoms with Crippen LogP contribution in [0.3, 0.4) is 0 Å². The SMILES string of the molecule is CC(C)=CCCC(C)=CCCC(C)=CCSCC[N+](=O)[O-]. The van der Waals surface area contributed by atoms with Crippen molar-refractivity contribution in [2.45, 2.75) is 53.4 Å².